The molecule has 146 valence electrons. The highest BCUT2D eigenvalue weighted by Crippen LogP contribution is 2.23. The molecule has 3 N–H and O–H groups in total. The topological polar surface area (TPSA) is 130 Å². The number of imidazole rings is 1. The number of aliphatic carboxylic acids is 1. The van der Waals surface area contributed by atoms with Crippen molar-refractivity contribution in [2.75, 3.05) is 5.75 Å². The van der Waals surface area contributed by atoms with Crippen LogP contribution in [0.4, 0.5) is 4.39 Å². The number of halogens is 1. The molecule has 9 nitrogen and oxygen atoms in total. The lowest BCUT2D eigenvalue weighted by atomic mass is 10.2. The third-order valence-corrected chi connectivity index (χ3v) is 4.88. The van der Waals surface area contributed by atoms with Gasteiger partial charge in [0.1, 0.15) is 11.9 Å². The Balaban J connectivity index is 1.95. The van der Waals surface area contributed by atoms with Gasteiger partial charge in [0.15, 0.2) is 16.3 Å². The van der Waals surface area contributed by atoms with Crippen LogP contribution < -0.4 is 10.9 Å². The van der Waals surface area contributed by atoms with Gasteiger partial charge in [0.05, 0.1) is 12.9 Å². The summed E-state index contributed by atoms with van der Waals surface area (Å²) in [5, 5.41) is 12.0. The molecule has 0 spiro atoms. The number of hydrogen-bond acceptors (Lipinski definition) is 6. The van der Waals surface area contributed by atoms with E-state index in [0.29, 0.717) is 10.8 Å². The Kier molecular flexibility index (Phi) is 5.73. The largest absolute Gasteiger partial charge is 0.480 e. The Hall–Kier alpha value is -3.21. The number of hydrogen-bond donors (Lipinski definition) is 3. The number of amides is 1. The zero-order valence-electron chi connectivity index (χ0n) is 14.7. The summed E-state index contributed by atoms with van der Waals surface area (Å²) < 4.78 is 14.8. The number of thioether (sulfide) groups is 1. The minimum Gasteiger partial charge on any atom is -0.480 e. The zero-order valence-corrected chi connectivity index (χ0v) is 15.5. The van der Waals surface area contributed by atoms with Crippen molar-refractivity contribution in [3.05, 3.63) is 52.3 Å². The Labute approximate surface area is 162 Å². The molecule has 0 fully saturated rings. The molecule has 0 aliphatic carbocycles. The molecule has 0 aliphatic heterocycles. The minimum absolute atomic E-state index is 0.000439. The highest BCUT2D eigenvalue weighted by Gasteiger charge is 2.22. The van der Waals surface area contributed by atoms with E-state index in [1.165, 1.54) is 25.4 Å². The van der Waals surface area contributed by atoms with E-state index in [1.54, 1.807) is 16.7 Å². The van der Waals surface area contributed by atoms with Gasteiger partial charge in [-0.2, -0.15) is 0 Å². The normalized spacial score (nSPS) is 12.1. The van der Waals surface area contributed by atoms with Crippen LogP contribution in [-0.4, -0.2) is 48.3 Å². The molecule has 0 bridgehead atoms. The summed E-state index contributed by atoms with van der Waals surface area (Å²) in [5.41, 5.74) is 0.753. The molecule has 0 saturated heterocycles. The van der Waals surface area contributed by atoms with Crippen molar-refractivity contribution in [2.45, 2.75) is 24.7 Å². The van der Waals surface area contributed by atoms with E-state index in [9.17, 15) is 23.9 Å². The van der Waals surface area contributed by atoms with E-state index in [0.717, 1.165) is 17.3 Å². The Morgan fingerprint density at radius 2 is 2.07 bits per heavy atom. The number of carboxylic acid groups (broad SMARTS) is 1. The maximum absolute atomic E-state index is 13.2. The number of rotatable bonds is 7. The van der Waals surface area contributed by atoms with Crippen molar-refractivity contribution >= 4 is 34.8 Å². The van der Waals surface area contributed by atoms with E-state index in [1.807, 2.05) is 0 Å². The van der Waals surface area contributed by atoms with Gasteiger partial charge in [0, 0.05) is 12.7 Å². The lowest BCUT2D eigenvalue weighted by Gasteiger charge is -2.13. The van der Waals surface area contributed by atoms with Gasteiger partial charge in [-0.25, -0.2) is 19.2 Å². The van der Waals surface area contributed by atoms with Crippen LogP contribution in [0.5, 0.6) is 0 Å². The highest BCUT2D eigenvalue weighted by atomic mass is 32.2. The molecule has 2 aromatic heterocycles. The van der Waals surface area contributed by atoms with Gasteiger partial charge in [-0.3, -0.25) is 14.2 Å². The molecular weight excluding hydrogens is 389 g/mol. The second-order valence-corrected chi connectivity index (χ2v) is 6.90. The van der Waals surface area contributed by atoms with E-state index in [-0.39, 0.29) is 23.6 Å². The summed E-state index contributed by atoms with van der Waals surface area (Å²) in [6.45, 7) is 1.49. The first kappa shape index (κ1) is 19.5. The second kappa shape index (κ2) is 8.21. The number of carboxylic acids is 1. The van der Waals surface area contributed by atoms with Crippen molar-refractivity contribution in [3.8, 4) is 0 Å². The van der Waals surface area contributed by atoms with Crippen LogP contribution in [0.2, 0.25) is 0 Å². The maximum atomic E-state index is 13.2. The summed E-state index contributed by atoms with van der Waals surface area (Å²) in [7, 11) is 0. The van der Waals surface area contributed by atoms with E-state index in [2.05, 4.69) is 20.3 Å². The van der Waals surface area contributed by atoms with Crippen LogP contribution in [0.3, 0.4) is 0 Å². The second-order valence-electron chi connectivity index (χ2n) is 5.91. The lowest BCUT2D eigenvalue weighted by molar-refractivity contribution is -0.140. The van der Waals surface area contributed by atoms with Gasteiger partial charge in [-0.15, -0.1) is 0 Å². The lowest BCUT2D eigenvalue weighted by Crippen LogP contribution is -2.41. The molecule has 28 heavy (non-hydrogen) atoms. The maximum Gasteiger partial charge on any atom is 0.327 e. The van der Waals surface area contributed by atoms with Gasteiger partial charge in [-0.05, 0) is 17.7 Å². The summed E-state index contributed by atoms with van der Waals surface area (Å²) in [6.07, 6.45) is 1.25. The molecule has 0 saturated carbocycles. The fourth-order valence-electron chi connectivity index (χ4n) is 2.53. The summed E-state index contributed by atoms with van der Waals surface area (Å²) in [4.78, 5) is 45.5. The van der Waals surface area contributed by atoms with Crippen LogP contribution >= 0.6 is 11.8 Å². The van der Waals surface area contributed by atoms with Gasteiger partial charge in [0.25, 0.3) is 5.56 Å². The van der Waals surface area contributed by atoms with Gasteiger partial charge in [0.2, 0.25) is 5.91 Å². The number of nitrogens with zero attached hydrogens (tertiary/aromatic N) is 3. The highest BCUT2D eigenvalue weighted by molar-refractivity contribution is 7.99. The first-order valence-electron chi connectivity index (χ1n) is 8.16. The first-order chi connectivity index (χ1) is 13.3. The molecule has 11 heteroatoms. The van der Waals surface area contributed by atoms with Crippen molar-refractivity contribution in [1.29, 1.82) is 0 Å². The number of carbonyl (C=O) groups is 2. The Bertz CT molecular complexity index is 1080. The minimum atomic E-state index is -1.18. The number of carbonyl (C=O) groups excluding carboxylic acids is 1. The first-order valence-corrected chi connectivity index (χ1v) is 9.15. The predicted molar refractivity (Wildman–Crippen MR) is 99.6 cm³/mol. The van der Waals surface area contributed by atoms with Crippen LogP contribution in [-0.2, 0) is 16.1 Å². The number of benzene rings is 1. The fraction of sp³-hybridized carbons (Fsp3) is 0.235. The monoisotopic (exact) mass is 405 g/mol. The van der Waals surface area contributed by atoms with Gasteiger partial charge < -0.3 is 15.4 Å². The van der Waals surface area contributed by atoms with E-state index in [4.69, 9.17) is 0 Å². The van der Waals surface area contributed by atoms with Crippen molar-refractivity contribution in [1.82, 2.24) is 24.8 Å². The SMILES string of the molecule is CC(=O)N[C@@H](CSc1nc2c(=O)[nH]cnc2n1Cc1ccc(F)cc1)C(=O)O. The fourth-order valence-corrected chi connectivity index (χ4v) is 3.54. The smallest absolute Gasteiger partial charge is 0.327 e. The molecule has 0 radical (unpaired) electrons. The van der Waals surface area contributed by atoms with Gasteiger partial charge in [-0.1, -0.05) is 23.9 Å². The summed E-state index contributed by atoms with van der Waals surface area (Å²) >= 11 is 1.07. The summed E-state index contributed by atoms with van der Waals surface area (Å²) in [6, 6.07) is 4.71. The van der Waals surface area contributed by atoms with E-state index >= 15 is 0 Å². The number of aromatic amines is 1. The Morgan fingerprint density at radius 3 is 2.71 bits per heavy atom. The van der Waals surface area contributed by atoms with Crippen molar-refractivity contribution in [3.63, 3.8) is 0 Å². The molecule has 0 aliphatic rings. The number of nitrogens with one attached hydrogen (secondary N) is 2. The average Bonchev–Trinajstić information content (AvgIpc) is 2.99. The standard InChI is InChI=1S/C17H16FN5O4S/c1-9(24)21-12(16(26)27)7-28-17-22-13-14(19-8-20-15(13)25)23(17)6-10-2-4-11(18)5-3-10/h2-5,8,12H,6-7H2,1H3,(H,21,24)(H,26,27)(H,19,20,25)/t12-/m0/s1. The van der Waals surface area contributed by atoms with Crippen LogP contribution in [0.15, 0.2) is 40.5 Å². The van der Waals surface area contributed by atoms with Crippen molar-refractivity contribution < 1.29 is 19.1 Å². The summed E-state index contributed by atoms with van der Waals surface area (Å²) in [5.74, 6) is -2.02. The molecule has 1 amide bonds. The molecular formula is C17H16FN5O4S. The average molecular weight is 405 g/mol. The van der Waals surface area contributed by atoms with Crippen LogP contribution in [0, 0.1) is 5.82 Å². The van der Waals surface area contributed by atoms with E-state index < -0.39 is 23.5 Å². The molecule has 1 aromatic carbocycles. The van der Waals surface area contributed by atoms with Gasteiger partial charge >= 0.3 is 5.97 Å². The Morgan fingerprint density at radius 1 is 1.36 bits per heavy atom. The number of H-pyrrole nitrogens is 1. The molecule has 2 heterocycles. The molecule has 0 unspecified atom stereocenters. The third-order valence-electron chi connectivity index (χ3n) is 3.81. The number of fused-ring (bicyclic) bond motifs is 1. The van der Waals surface area contributed by atoms with Crippen molar-refractivity contribution in [2.24, 2.45) is 0 Å². The third kappa shape index (κ3) is 4.36. The number of aromatic nitrogens is 4. The quantitative estimate of drug-likeness (QED) is 0.500. The predicted octanol–water partition coefficient (Wildman–Crippen LogP) is 0.988. The zero-order chi connectivity index (χ0) is 20.3. The van der Waals surface area contributed by atoms with Crippen LogP contribution in [0.1, 0.15) is 12.5 Å². The van der Waals surface area contributed by atoms with Crippen LogP contribution in [0.25, 0.3) is 11.2 Å². The molecule has 3 rings (SSSR count). The molecule has 1 atom stereocenters. The molecule has 3 aromatic rings.